The molecule has 166 valence electrons. The summed E-state index contributed by atoms with van der Waals surface area (Å²) in [6.07, 6.45) is 2.32. The SMILES string of the molecule is COc1ccc([C@H]2c3nc[nH]c3CCN2C(=O)Cn2nc(-c3ccccc3)ccc2=O)cc1. The Labute approximate surface area is 190 Å². The van der Waals surface area contributed by atoms with Crippen molar-refractivity contribution < 1.29 is 9.53 Å². The van der Waals surface area contributed by atoms with Crippen molar-refractivity contribution in [3.63, 3.8) is 0 Å². The molecule has 0 unspecified atom stereocenters. The first-order chi connectivity index (χ1) is 16.1. The fourth-order valence-corrected chi connectivity index (χ4v) is 4.21. The minimum atomic E-state index is -0.355. The van der Waals surface area contributed by atoms with Gasteiger partial charge in [-0.2, -0.15) is 5.10 Å². The number of aromatic nitrogens is 4. The van der Waals surface area contributed by atoms with Gasteiger partial charge in [0.1, 0.15) is 18.3 Å². The number of methoxy groups -OCH3 is 1. The van der Waals surface area contributed by atoms with Crippen molar-refractivity contribution in [2.24, 2.45) is 0 Å². The summed E-state index contributed by atoms with van der Waals surface area (Å²) in [5.74, 6) is 0.549. The summed E-state index contributed by atoms with van der Waals surface area (Å²) in [5, 5.41) is 4.45. The zero-order chi connectivity index (χ0) is 22.8. The molecular formula is C25H23N5O3. The second-order valence-electron chi connectivity index (χ2n) is 7.86. The van der Waals surface area contributed by atoms with Gasteiger partial charge < -0.3 is 14.6 Å². The summed E-state index contributed by atoms with van der Waals surface area (Å²) in [6.45, 7) is 0.365. The third kappa shape index (κ3) is 4.03. The van der Waals surface area contributed by atoms with Crippen LogP contribution in [-0.4, -0.2) is 44.2 Å². The molecule has 1 N–H and O–H groups in total. The molecule has 0 bridgehead atoms. The zero-order valence-corrected chi connectivity index (χ0v) is 18.1. The molecule has 0 saturated heterocycles. The molecular weight excluding hydrogens is 418 g/mol. The summed E-state index contributed by atoms with van der Waals surface area (Å²) in [5.41, 5.74) is 3.97. The summed E-state index contributed by atoms with van der Waals surface area (Å²) in [4.78, 5) is 35.4. The largest absolute Gasteiger partial charge is 0.497 e. The maximum atomic E-state index is 13.5. The fraction of sp³-hybridized carbons (Fsp3) is 0.200. The predicted molar refractivity (Wildman–Crippen MR) is 123 cm³/mol. The van der Waals surface area contributed by atoms with Crippen LogP contribution in [0.15, 0.2) is 77.9 Å². The van der Waals surface area contributed by atoms with E-state index in [1.165, 1.54) is 10.7 Å². The Bertz CT molecular complexity index is 1330. The highest BCUT2D eigenvalue weighted by Gasteiger charge is 2.34. The smallest absolute Gasteiger partial charge is 0.267 e. The fourth-order valence-electron chi connectivity index (χ4n) is 4.21. The molecule has 4 aromatic rings. The van der Waals surface area contributed by atoms with Gasteiger partial charge in [-0.1, -0.05) is 42.5 Å². The van der Waals surface area contributed by atoms with E-state index in [1.807, 2.05) is 54.6 Å². The number of nitrogens with one attached hydrogen (secondary N) is 1. The van der Waals surface area contributed by atoms with Crippen LogP contribution in [0.1, 0.15) is 23.0 Å². The number of imidazole rings is 1. The van der Waals surface area contributed by atoms with Crippen LogP contribution in [0.25, 0.3) is 11.3 Å². The minimum Gasteiger partial charge on any atom is -0.497 e. The molecule has 1 aliphatic heterocycles. The molecule has 5 rings (SSSR count). The number of carbonyl (C=O) groups excluding carboxylic acids is 1. The second-order valence-corrected chi connectivity index (χ2v) is 7.86. The van der Waals surface area contributed by atoms with Gasteiger partial charge in [-0.25, -0.2) is 9.67 Å². The third-order valence-corrected chi connectivity index (χ3v) is 5.90. The highest BCUT2D eigenvalue weighted by atomic mass is 16.5. The third-order valence-electron chi connectivity index (χ3n) is 5.90. The number of carbonyl (C=O) groups is 1. The zero-order valence-electron chi connectivity index (χ0n) is 18.1. The van der Waals surface area contributed by atoms with Gasteiger partial charge in [-0.05, 0) is 23.8 Å². The Morgan fingerprint density at radius 1 is 1.09 bits per heavy atom. The molecule has 8 heteroatoms. The number of aromatic amines is 1. The van der Waals surface area contributed by atoms with Gasteiger partial charge in [0.15, 0.2) is 0 Å². The van der Waals surface area contributed by atoms with Crippen molar-refractivity contribution in [3.8, 4) is 17.0 Å². The van der Waals surface area contributed by atoms with Crippen LogP contribution in [0.5, 0.6) is 5.75 Å². The molecule has 8 nitrogen and oxygen atoms in total. The number of amides is 1. The number of fused-ring (bicyclic) bond motifs is 1. The number of nitrogens with zero attached hydrogens (tertiary/aromatic N) is 4. The molecule has 0 fully saturated rings. The predicted octanol–water partition coefficient (Wildman–Crippen LogP) is 2.82. The van der Waals surface area contributed by atoms with E-state index in [2.05, 4.69) is 15.1 Å². The molecule has 1 atom stereocenters. The van der Waals surface area contributed by atoms with Crippen molar-refractivity contribution >= 4 is 5.91 Å². The highest BCUT2D eigenvalue weighted by molar-refractivity contribution is 5.77. The van der Waals surface area contributed by atoms with E-state index >= 15 is 0 Å². The second kappa shape index (κ2) is 8.74. The Hall–Kier alpha value is -4.20. The molecule has 1 amide bonds. The normalized spacial score (nSPS) is 15.2. The van der Waals surface area contributed by atoms with Crippen molar-refractivity contribution in [2.75, 3.05) is 13.7 Å². The van der Waals surface area contributed by atoms with Crippen LogP contribution < -0.4 is 10.3 Å². The van der Waals surface area contributed by atoms with Gasteiger partial charge in [-0.3, -0.25) is 9.59 Å². The van der Waals surface area contributed by atoms with E-state index < -0.39 is 0 Å². The number of hydrogen-bond acceptors (Lipinski definition) is 5. The first-order valence-corrected chi connectivity index (χ1v) is 10.7. The van der Waals surface area contributed by atoms with Crippen molar-refractivity contribution in [2.45, 2.75) is 19.0 Å². The van der Waals surface area contributed by atoms with E-state index in [1.54, 1.807) is 24.4 Å². The van der Waals surface area contributed by atoms with Crippen molar-refractivity contribution in [1.29, 1.82) is 0 Å². The van der Waals surface area contributed by atoms with E-state index in [4.69, 9.17) is 4.74 Å². The number of rotatable bonds is 5. The molecule has 33 heavy (non-hydrogen) atoms. The summed E-state index contributed by atoms with van der Waals surface area (Å²) in [6, 6.07) is 20.0. The lowest BCUT2D eigenvalue weighted by molar-refractivity contribution is -0.134. The maximum Gasteiger partial charge on any atom is 0.267 e. The molecule has 1 aliphatic rings. The van der Waals surface area contributed by atoms with Crippen molar-refractivity contribution in [3.05, 3.63) is 100 Å². The monoisotopic (exact) mass is 441 g/mol. The average molecular weight is 441 g/mol. The minimum absolute atomic E-state index is 0.147. The molecule has 2 aromatic heterocycles. The summed E-state index contributed by atoms with van der Waals surface area (Å²) >= 11 is 0. The van der Waals surface area contributed by atoms with Gasteiger partial charge in [0.25, 0.3) is 5.56 Å². The molecule has 2 aromatic carbocycles. The maximum absolute atomic E-state index is 13.5. The molecule has 0 saturated carbocycles. The number of ether oxygens (including phenoxy) is 1. The summed E-state index contributed by atoms with van der Waals surface area (Å²) < 4.78 is 6.51. The van der Waals surface area contributed by atoms with Crippen LogP contribution in [0.4, 0.5) is 0 Å². The number of H-pyrrole nitrogens is 1. The van der Waals surface area contributed by atoms with Gasteiger partial charge >= 0.3 is 0 Å². The lowest BCUT2D eigenvalue weighted by Gasteiger charge is -2.35. The van der Waals surface area contributed by atoms with Gasteiger partial charge in [-0.15, -0.1) is 0 Å². The van der Waals surface area contributed by atoms with E-state index in [0.29, 0.717) is 18.7 Å². The Balaban J connectivity index is 1.46. The summed E-state index contributed by atoms with van der Waals surface area (Å²) in [7, 11) is 1.62. The van der Waals surface area contributed by atoms with Crippen LogP contribution >= 0.6 is 0 Å². The number of benzene rings is 2. The van der Waals surface area contributed by atoms with Gasteiger partial charge in [0, 0.05) is 30.3 Å². The number of hydrogen-bond donors (Lipinski definition) is 1. The Kier molecular flexibility index (Phi) is 5.48. The Morgan fingerprint density at radius 3 is 2.64 bits per heavy atom. The van der Waals surface area contributed by atoms with Gasteiger partial charge in [0.05, 0.1) is 24.8 Å². The lowest BCUT2D eigenvalue weighted by atomic mass is 9.95. The Morgan fingerprint density at radius 2 is 1.88 bits per heavy atom. The van der Waals surface area contributed by atoms with E-state index in [0.717, 1.165) is 28.3 Å². The molecule has 0 spiro atoms. The van der Waals surface area contributed by atoms with Crippen LogP contribution in [-0.2, 0) is 17.8 Å². The standard InChI is InChI=1S/C25H23N5O3/c1-33-19-9-7-18(8-10-19)25-24-21(26-16-27-24)13-14-29(25)23(32)15-30-22(31)12-11-20(28-30)17-5-3-2-4-6-17/h2-12,16,25H,13-15H2,1H3,(H,26,27)/t25-/m0/s1. The topological polar surface area (TPSA) is 93.1 Å². The highest BCUT2D eigenvalue weighted by Crippen LogP contribution is 2.34. The molecule has 0 radical (unpaired) electrons. The molecule has 3 heterocycles. The average Bonchev–Trinajstić information content (AvgIpc) is 3.34. The van der Waals surface area contributed by atoms with Crippen molar-refractivity contribution in [1.82, 2.24) is 24.6 Å². The van der Waals surface area contributed by atoms with Crippen LogP contribution in [0.3, 0.4) is 0 Å². The van der Waals surface area contributed by atoms with Crippen LogP contribution in [0, 0.1) is 0 Å². The molecule has 0 aliphatic carbocycles. The first kappa shape index (κ1) is 20.7. The van der Waals surface area contributed by atoms with E-state index in [-0.39, 0.29) is 24.1 Å². The lowest BCUT2D eigenvalue weighted by Crippen LogP contribution is -2.43. The quantitative estimate of drug-likeness (QED) is 0.514. The van der Waals surface area contributed by atoms with Crippen LogP contribution in [0.2, 0.25) is 0 Å². The van der Waals surface area contributed by atoms with Gasteiger partial charge in [0.2, 0.25) is 5.91 Å². The van der Waals surface area contributed by atoms with E-state index in [9.17, 15) is 9.59 Å². The first-order valence-electron chi connectivity index (χ1n) is 10.7.